The molecule has 0 aliphatic carbocycles. The summed E-state index contributed by atoms with van der Waals surface area (Å²) in [5.41, 5.74) is 4.06. The van der Waals surface area contributed by atoms with E-state index >= 15 is 0 Å². The lowest BCUT2D eigenvalue weighted by molar-refractivity contribution is -0.139. The number of ether oxygens (including phenoxy) is 1. The maximum absolute atomic E-state index is 13.2. The number of carboxylic acid groups (broad SMARTS) is 1. The number of thiazole rings is 1. The van der Waals surface area contributed by atoms with Crippen LogP contribution in [0.3, 0.4) is 0 Å². The van der Waals surface area contributed by atoms with Crippen LogP contribution in [0.25, 0.3) is 0 Å². The molecule has 1 aliphatic rings. The molecule has 2 heterocycles. The van der Waals surface area contributed by atoms with Crippen LogP contribution in [0.1, 0.15) is 27.7 Å². The van der Waals surface area contributed by atoms with Gasteiger partial charge >= 0.3 is 12.0 Å². The van der Waals surface area contributed by atoms with Gasteiger partial charge in [0, 0.05) is 35.1 Å². The summed E-state index contributed by atoms with van der Waals surface area (Å²) in [5, 5.41) is 13.0. The van der Waals surface area contributed by atoms with Crippen molar-refractivity contribution in [3.8, 4) is 5.75 Å². The molecular formula is C22H19Cl2N3O4S. The standard InChI is InChI=1S/C22H19Cl2N3O4S/c23-14-5-6-18(31-11-19(28)29)15(9-14)20-21-17(26-12-32-21)7-8-27(20)22(30)25-10-13-3-1-2-4-16(13)24/h1-6,9,12,20H,7-8,10-11H2,(H,25,30)(H,28,29). The van der Waals surface area contributed by atoms with Gasteiger partial charge < -0.3 is 20.1 Å². The van der Waals surface area contributed by atoms with Crippen LogP contribution in [0.5, 0.6) is 5.75 Å². The summed E-state index contributed by atoms with van der Waals surface area (Å²) >= 11 is 13.9. The lowest BCUT2D eigenvalue weighted by Crippen LogP contribution is -2.45. The molecule has 7 nitrogen and oxygen atoms in total. The van der Waals surface area contributed by atoms with Crippen molar-refractivity contribution in [2.24, 2.45) is 0 Å². The van der Waals surface area contributed by atoms with Crippen molar-refractivity contribution in [1.82, 2.24) is 15.2 Å². The van der Waals surface area contributed by atoms with E-state index in [-0.39, 0.29) is 12.6 Å². The summed E-state index contributed by atoms with van der Waals surface area (Å²) in [7, 11) is 0. The quantitative estimate of drug-likeness (QED) is 0.517. The van der Waals surface area contributed by atoms with Gasteiger partial charge in [0.25, 0.3) is 0 Å². The number of carbonyl (C=O) groups excluding carboxylic acids is 1. The highest BCUT2D eigenvalue weighted by molar-refractivity contribution is 7.09. The Morgan fingerprint density at radius 1 is 1.25 bits per heavy atom. The average Bonchev–Trinajstić information content (AvgIpc) is 3.25. The molecule has 0 saturated carbocycles. The number of hydrogen-bond donors (Lipinski definition) is 2. The molecule has 1 atom stereocenters. The highest BCUT2D eigenvalue weighted by Gasteiger charge is 2.36. The second kappa shape index (κ2) is 9.77. The summed E-state index contributed by atoms with van der Waals surface area (Å²) in [6, 6.07) is 11.5. The number of halogens is 2. The van der Waals surface area contributed by atoms with Gasteiger partial charge in [-0.3, -0.25) is 0 Å². The SMILES string of the molecule is O=C(O)COc1ccc(Cl)cc1C1c2scnc2CCN1C(=O)NCc1ccccc1Cl. The number of fused-ring (bicyclic) bond motifs is 1. The van der Waals surface area contributed by atoms with Gasteiger partial charge in [-0.25, -0.2) is 14.6 Å². The third-order valence-corrected chi connectivity index (χ3v) is 6.62. The first-order valence-electron chi connectivity index (χ1n) is 9.78. The van der Waals surface area contributed by atoms with E-state index in [0.717, 1.165) is 16.1 Å². The third kappa shape index (κ3) is 4.82. The van der Waals surface area contributed by atoms with Crippen LogP contribution in [0, 0.1) is 0 Å². The van der Waals surface area contributed by atoms with Crippen LogP contribution in [-0.2, 0) is 17.8 Å². The average molecular weight is 492 g/mol. The number of benzene rings is 2. The summed E-state index contributed by atoms with van der Waals surface area (Å²) in [6.45, 7) is 0.200. The molecule has 2 amide bonds. The highest BCUT2D eigenvalue weighted by Crippen LogP contribution is 2.42. The van der Waals surface area contributed by atoms with Crippen LogP contribution in [0.2, 0.25) is 10.0 Å². The van der Waals surface area contributed by atoms with Crippen molar-refractivity contribution in [3.05, 3.63) is 79.7 Å². The van der Waals surface area contributed by atoms with E-state index in [0.29, 0.717) is 34.3 Å². The molecular weight excluding hydrogens is 473 g/mol. The normalized spacial score (nSPS) is 15.2. The molecule has 1 aliphatic heterocycles. The number of aromatic nitrogens is 1. The van der Waals surface area contributed by atoms with Crippen molar-refractivity contribution in [2.75, 3.05) is 13.2 Å². The molecule has 0 bridgehead atoms. The first-order valence-corrected chi connectivity index (χ1v) is 11.4. The lowest BCUT2D eigenvalue weighted by atomic mass is 9.97. The number of aliphatic carboxylic acids is 1. The first kappa shape index (κ1) is 22.4. The summed E-state index contributed by atoms with van der Waals surface area (Å²) in [4.78, 5) is 31.3. The molecule has 0 radical (unpaired) electrons. The van der Waals surface area contributed by atoms with E-state index in [4.69, 9.17) is 33.0 Å². The molecule has 0 spiro atoms. The lowest BCUT2D eigenvalue weighted by Gasteiger charge is -2.36. The minimum absolute atomic E-state index is 0.273. The Morgan fingerprint density at radius 3 is 2.84 bits per heavy atom. The van der Waals surface area contributed by atoms with Crippen molar-refractivity contribution < 1.29 is 19.4 Å². The van der Waals surface area contributed by atoms with Gasteiger partial charge in [-0.1, -0.05) is 41.4 Å². The Hall–Kier alpha value is -2.81. The Bertz CT molecular complexity index is 1150. The summed E-state index contributed by atoms with van der Waals surface area (Å²) in [6.07, 6.45) is 0.612. The van der Waals surface area contributed by atoms with Crippen molar-refractivity contribution >= 4 is 46.5 Å². The van der Waals surface area contributed by atoms with Crippen LogP contribution in [-0.4, -0.2) is 40.1 Å². The number of carboxylic acids is 1. The zero-order valence-electron chi connectivity index (χ0n) is 16.8. The van der Waals surface area contributed by atoms with Gasteiger partial charge in [-0.05, 0) is 29.8 Å². The maximum Gasteiger partial charge on any atom is 0.341 e. The van der Waals surface area contributed by atoms with Crippen LogP contribution in [0.4, 0.5) is 4.79 Å². The molecule has 3 aromatic rings. The van der Waals surface area contributed by atoms with Gasteiger partial charge in [0.2, 0.25) is 0 Å². The van der Waals surface area contributed by atoms with Crippen molar-refractivity contribution in [1.29, 1.82) is 0 Å². The number of urea groups is 1. The predicted molar refractivity (Wildman–Crippen MR) is 123 cm³/mol. The molecule has 166 valence electrons. The Morgan fingerprint density at radius 2 is 2.06 bits per heavy atom. The van der Waals surface area contributed by atoms with Gasteiger partial charge in [0.15, 0.2) is 6.61 Å². The highest BCUT2D eigenvalue weighted by atomic mass is 35.5. The second-order valence-corrected chi connectivity index (χ2v) is 8.85. The molecule has 1 aromatic heterocycles. The van der Waals surface area contributed by atoms with Crippen LogP contribution < -0.4 is 10.1 Å². The van der Waals surface area contributed by atoms with Crippen molar-refractivity contribution in [2.45, 2.75) is 19.0 Å². The fourth-order valence-corrected chi connectivity index (χ4v) is 4.98. The molecule has 4 rings (SSSR count). The molecule has 32 heavy (non-hydrogen) atoms. The minimum atomic E-state index is -1.10. The number of rotatable bonds is 6. The van der Waals surface area contributed by atoms with E-state index < -0.39 is 18.6 Å². The first-order chi connectivity index (χ1) is 15.4. The zero-order chi connectivity index (χ0) is 22.7. The molecule has 2 N–H and O–H groups in total. The Kier molecular flexibility index (Phi) is 6.83. The van der Waals surface area contributed by atoms with Gasteiger partial charge in [0.1, 0.15) is 5.75 Å². The van der Waals surface area contributed by atoms with Crippen LogP contribution in [0.15, 0.2) is 48.0 Å². The van der Waals surface area contributed by atoms with Gasteiger partial charge in [0.05, 0.1) is 22.1 Å². The smallest absolute Gasteiger partial charge is 0.341 e. The molecule has 0 saturated heterocycles. The third-order valence-electron chi connectivity index (χ3n) is 5.09. The fraction of sp³-hybridized carbons (Fsp3) is 0.227. The molecule has 2 aromatic carbocycles. The topological polar surface area (TPSA) is 91.8 Å². The van der Waals surface area contributed by atoms with E-state index in [1.54, 1.807) is 34.7 Å². The van der Waals surface area contributed by atoms with Gasteiger partial charge in [-0.2, -0.15) is 0 Å². The number of carbonyl (C=O) groups is 2. The van der Waals surface area contributed by atoms with E-state index in [9.17, 15) is 9.59 Å². The summed E-state index contributed by atoms with van der Waals surface area (Å²) in [5.74, 6) is -0.741. The predicted octanol–water partition coefficient (Wildman–Crippen LogP) is 4.77. The molecule has 1 unspecified atom stereocenters. The van der Waals surface area contributed by atoms with Gasteiger partial charge in [-0.15, -0.1) is 11.3 Å². The largest absolute Gasteiger partial charge is 0.482 e. The van der Waals surface area contributed by atoms with E-state index in [1.807, 2.05) is 18.2 Å². The Balaban J connectivity index is 1.66. The van der Waals surface area contributed by atoms with Crippen molar-refractivity contribution in [3.63, 3.8) is 0 Å². The fourth-order valence-electron chi connectivity index (χ4n) is 3.63. The number of nitrogens with zero attached hydrogens (tertiary/aromatic N) is 2. The van der Waals surface area contributed by atoms with E-state index in [2.05, 4.69) is 10.3 Å². The monoisotopic (exact) mass is 491 g/mol. The maximum atomic E-state index is 13.2. The molecule has 10 heteroatoms. The number of nitrogens with one attached hydrogen (secondary N) is 1. The summed E-state index contributed by atoms with van der Waals surface area (Å²) < 4.78 is 5.52. The minimum Gasteiger partial charge on any atom is -0.482 e. The number of amides is 2. The molecule has 0 fully saturated rings. The zero-order valence-corrected chi connectivity index (χ0v) is 19.1. The Labute approximate surface area is 198 Å². The van der Waals surface area contributed by atoms with Crippen LogP contribution >= 0.6 is 34.5 Å². The van der Waals surface area contributed by atoms with E-state index in [1.165, 1.54) is 11.3 Å². The number of hydrogen-bond acceptors (Lipinski definition) is 5. The second-order valence-electron chi connectivity index (χ2n) is 7.12.